The zero-order valence-electron chi connectivity index (χ0n) is 13.7. The first-order chi connectivity index (χ1) is 12.0. The molecule has 0 spiro atoms. The number of rotatable bonds is 4. The third kappa shape index (κ3) is 3.71. The molecule has 0 bridgehead atoms. The highest BCUT2D eigenvalue weighted by atomic mass is 35.5. The number of aryl methyl sites for hydroxylation is 1. The molecule has 1 saturated heterocycles. The molecule has 0 N–H and O–H groups in total. The minimum atomic E-state index is -0.442. The van der Waals surface area contributed by atoms with Crippen LogP contribution in [-0.4, -0.2) is 40.3 Å². The number of carbonyl (C=O) groups excluding carboxylic acids is 1. The molecule has 0 unspecified atom stereocenters. The first kappa shape index (κ1) is 17.2. The fourth-order valence-corrected chi connectivity index (χ4v) is 2.99. The Bertz CT molecular complexity index is 810. The van der Waals surface area contributed by atoms with Gasteiger partial charge in [0.05, 0.1) is 11.5 Å². The van der Waals surface area contributed by atoms with Crippen molar-refractivity contribution in [2.45, 2.75) is 13.5 Å². The van der Waals surface area contributed by atoms with Crippen LogP contribution >= 0.6 is 11.6 Å². The lowest BCUT2D eigenvalue weighted by Crippen LogP contribution is -2.50. The molecular formula is C17H17ClN4O3. The molecule has 1 amide bonds. The molecule has 1 aliphatic heterocycles. The van der Waals surface area contributed by atoms with Crippen molar-refractivity contribution >= 4 is 29.0 Å². The summed E-state index contributed by atoms with van der Waals surface area (Å²) < 4.78 is 0. The summed E-state index contributed by atoms with van der Waals surface area (Å²) in [5.41, 5.74) is 1.48. The van der Waals surface area contributed by atoms with Crippen LogP contribution < -0.4 is 4.90 Å². The van der Waals surface area contributed by atoms with Crippen molar-refractivity contribution in [2.75, 3.05) is 24.5 Å². The second-order valence-corrected chi connectivity index (χ2v) is 6.36. The van der Waals surface area contributed by atoms with Crippen molar-refractivity contribution in [2.24, 2.45) is 0 Å². The van der Waals surface area contributed by atoms with Crippen LogP contribution in [0.15, 0.2) is 36.5 Å². The third-order valence-electron chi connectivity index (χ3n) is 4.19. The van der Waals surface area contributed by atoms with E-state index in [4.69, 9.17) is 11.6 Å². The Morgan fingerprint density at radius 2 is 1.96 bits per heavy atom. The number of nitrogens with zero attached hydrogens (tertiary/aromatic N) is 4. The Morgan fingerprint density at radius 3 is 2.60 bits per heavy atom. The van der Waals surface area contributed by atoms with Crippen LogP contribution in [-0.2, 0) is 11.3 Å². The van der Waals surface area contributed by atoms with Crippen LogP contribution in [0, 0.1) is 17.0 Å². The molecule has 0 aliphatic carbocycles. The maximum absolute atomic E-state index is 12.5. The van der Waals surface area contributed by atoms with Gasteiger partial charge in [0.25, 0.3) is 0 Å². The maximum atomic E-state index is 12.5. The Hall–Kier alpha value is -2.67. The molecule has 2 aromatic rings. The van der Waals surface area contributed by atoms with Crippen molar-refractivity contribution < 1.29 is 9.72 Å². The molecule has 1 aliphatic rings. The van der Waals surface area contributed by atoms with Gasteiger partial charge in [-0.2, -0.15) is 0 Å². The van der Waals surface area contributed by atoms with E-state index in [1.165, 1.54) is 6.20 Å². The number of carbonyl (C=O) groups is 1. The van der Waals surface area contributed by atoms with Gasteiger partial charge < -0.3 is 9.80 Å². The standard InChI is InChI=1S/C17H17ClN4O3/c1-12-6-7-19-17(16(12)22(24)25)21-9-8-20(15(23)11-21)10-13-2-4-14(18)5-3-13/h2-7H,8-11H2,1H3. The number of benzene rings is 1. The molecule has 130 valence electrons. The Morgan fingerprint density at radius 1 is 1.24 bits per heavy atom. The van der Waals surface area contributed by atoms with Crippen LogP contribution in [0.25, 0.3) is 0 Å². The van der Waals surface area contributed by atoms with E-state index in [0.29, 0.717) is 30.2 Å². The highest BCUT2D eigenvalue weighted by Gasteiger charge is 2.30. The van der Waals surface area contributed by atoms with E-state index in [0.717, 1.165) is 5.56 Å². The second kappa shape index (κ2) is 7.06. The quantitative estimate of drug-likeness (QED) is 0.618. The van der Waals surface area contributed by atoms with E-state index >= 15 is 0 Å². The summed E-state index contributed by atoms with van der Waals surface area (Å²) in [7, 11) is 0. The van der Waals surface area contributed by atoms with E-state index < -0.39 is 4.92 Å². The van der Waals surface area contributed by atoms with E-state index in [9.17, 15) is 14.9 Å². The second-order valence-electron chi connectivity index (χ2n) is 5.92. The van der Waals surface area contributed by atoms with Gasteiger partial charge in [0.15, 0.2) is 0 Å². The van der Waals surface area contributed by atoms with Gasteiger partial charge in [-0.15, -0.1) is 0 Å². The van der Waals surface area contributed by atoms with E-state index in [2.05, 4.69) is 4.98 Å². The topological polar surface area (TPSA) is 79.6 Å². The van der Waals surface area contributed by atoms with Crippen molar-refractivity contribution in [1.29, 1.82) is 0 Å². The zero-order chi connectivity index (χ0) is 18.0. The highest BCUT2D eigenvalue weighted by molar-refractivity contribution is 6.30. The number of hydrogen-bond donors (Lipinski definition) is 0. The molecular weight excluding hydrogens is 344 g/mol. The van der Waals surface area contributed by atoms with E-state index in [1.807, 2.05) is 12.1 Å². The number of halogens is 1. The summed E-state index contributed by atoms with van der Waals surface area (Å²) in [5, 5.41) is 12.0. The number of nitro groups is 1. The van der Waals surface area contributed by atoms with Crippen molar-refractivity contribution in [3.63, 3.8) is 0 Å². The molecule has 8 heteroatoms. The summed E-state index contributed by atoms with van der Waals surface area (Å²) >= 11 is 5.87. The first-order valence-corrected chi connectivity index (χ1v) is 8.20. The maximum Gasteiger partial charge on any atom is 0.314 e. The molecule has 25 heavy (non-hydrogen) atoms. The normalized spacial score (nSPS) is 14.7. The minimum Gasteiger partial charge on any atom is -0.340 e. The SMILES string of the molecule is Cc1ccnc(N2CCN(Cc3ccc(Cl)cc3)C(=O)C2)c1[N+](=O)[O-]. The summed E-state index contributed by atoms with van der Waals surface area (Å²) in [6, 6.07) is 8.94. The number of hydrogen-bond acceptors (Lipinski definition) is 5. The van der Waals surface area contributed by atoms with Gasteiger partial charge in [0.2, 0.25) is 11.7 Å². The average Bonchev–Trinajstić information content (AvgIpc) is 2.58. The summed E-state index contributed by atoms with van der Waals surface area (Å²) in [6.07, 6.45) is 1.53. The van der Waals surface area contributed by atoms with Gasteiger partial charge in [0.1, 0.15) is 0 Å². The zero-order valence-corrected chi connectivity index (χ0v) is 14.4. The Labute approximate surface area is 150 Å². The Kier molecular flexibility index (Phi) is 4.85. The molecule has 1 aromatic carbocycles. The molecule has 0 radical (unpaired) electrons. The number of piperazine rings is 1. The van der Waals surface area contributed by atoms with Crippen LogP contribution in [0.1, 0.15) is 11.1 Å². The number of aromatic nitrogens is 1. The lowest BCUT2D eigenvalue weighted by molar-refractivity contribution is -0.384. The minimum absolute atomic E-state index is 0.0403. The predicted molar refractivity (Wildman–Crippen MR) is 94.7 cm³/mol. The Balaban J connectivity index is 1.74. The monoisotopic (exact) mass is 360 g/mol. The van der Waals surface area contributed by atoms with Crippen LogP contribution in [0.3, 0.4) is 0 Å². The molecule has 1 fully saturated rings. The van der Waals surface area contributed by atoms with Crippen LogP contribution in [0.4, 0.5) is 11.5 Å². The van der Waals surface area contributed by atoms with Gasteiger partial charge in [0, 0.05) is 36.4 Å². The largest absolute Gasteiger partial charge is 0.340 e. The fourth-order valence-electron chi connectivity index (χ4n) is 2.86. The van der Waals surface area contributed by atoms with Crippen LogP contribution in [0.5, 0.6) is 0 Å². The van der Waals surface area contributed by atoms with E-state index in [-0.39, 0.29) is 24.0 Å². The average molecular weight is 361 g/mol. The fraction of sp³-hybridized carbons (Fsp3) is 0.294. The van der Waals surface area contributed by atoms with Gasteiger partial charge in [-0.05, 0) is 30.7 Å². The molecule has 0 saturated carbocycles. The number of pyridine rings is 1. The first-order valence-electron chi connectivity index (χ1n) is 7.83. The summed E-state index contributed by atoms with van der Waals surface area (Å²) in [6.45, 7) is 3.21. The van der Waals surface area contributed by atoms with Gasteiger partial charge in [-0.3, -0.25) is 14.9 Å². The lowest BCUT2D eigenvalue weighted by atomic mass is 10.2. The molecule has 1 aromatic heterocycles. The smallest absolute Gasteiger partial charge is 0.314 e. The summed E-state index contributed by atoms with van der Waals surface area (Å²) in [5.74, 6) is 0.170. The van der Waals surface area contributed by atoms with Crippen molar-refractivity contribution in [1.82, 2.24) is 9.88 Å². The van der Waals surface area contributed by atoms with Gasteiger partial charge in [-0.1, -0.05) is 23.7 Å². The molecule has 2 heterocycles. The number of anilines is 1. The molecule has 3 rings (SSSR count). The van der Waals surface area contributed by atoms with Gasteiger partial charge in [-0.25, -0.2) is 4.98 Å². The third-order valence-corrected chi connectivity index (χ3v) is 4.45. The lowest BCUT2D eigenvalue weighted by Gasteiger charge is -2.34. The highest BCUT2D eigenvalue weighted by Crippen LogP contribution is 2.29. The predicted octanol–water partition coefficient (Wildman–Crippen LogP) is 2.80. The number of amides is 1. The van der Waals surface area contributed by atoms with Gasteiger partial charge >= 0.3 is 5.69 Å². The van der Waals surface area contributed by atoms with E-state index in [1.54, 1.807) is 34.9 Å². The summed E-state index contributed by atoms with van der Waals surface area (Å²) in [4.78, 5) is 30.9. The van der Waals surface area contributed by atoms with Crippen molar-refractivity contribution in [3.05, 3.63) is 62.8 Å². The molecule has 0 atom stereocenters. The van der Waals surface area contributed by atoms with Crippen molar-refractivity contribution in [3.8, 4) is 0 Å². The van der Waals surface area contributed by atoms with Crippen LogP contribution in [0.2, 0.25) is 5.02 Å². The molecule has 7 nitrogen and oxygen atoms in total.